The lowest BCUT2D eigenvalue weighted by atomic mass is 9.90. The second kappa shape index (κ2) is 21.1. The van der Waals surface area contributed by atoms with Crippen molar-refractivity contribution >= 4 is 21.8 Å². The minimum absolute atomic E-state index is 0.0273. The van der Waals surface area contributed by atoms with Crippen LogP contribution in [0.5, 0.6) is 0 Å². The van der Waals surface area contributed by atoms with E-state index in [2.05, 4.69) is 0 Å². The molecule has 0 aliphatic rings. The number of para-hydroxylation sites is 1. The summed E-state index contributed by atoms with van der Waals surface area (Å²) in [5, 5.41) is -0.0589. The maximum atomic E-state index is 16.0. The number of halogens is 25. The number of hydrogen-bond acceptors (Lipinski definition) is 0. The first kappa shape index (κ1) is 62.1. The number of alkyl halides is 24. The molecule has 0 radical (unpaired) electrons. The summed E-state index contributed by atoms with van der Waals surface area (Å²) in [5.74, 6) is -0.901. The van der Waals surface area contributed by atoms with E-state index in [4.69, 9.17) is 0 Å². The summed E-state index contributed by atoms with van der Waals surface area (Å²) >= 11 is 0. The Morgan fingerprint density at radius 2 is 0.409 bits per heavy atom. The highest BCUT2D eigenvalue weighted by Gasteiger charge is 2.41. The lowest BCUT2D eigenvalue weighted by Crippen LogP contribution is -2.11. The van der Waals surface area contributed by atoms with Gasteiger partial charge in [-0.05, 0) is 212 Å². The van der Waals surface area contributed by atoms with Crippen LogP contribution in [0.15, 0.2) is 170 Å². The van der Waals surface area contributed by atoms with Crippen molar-refractivity contribution < 1.29 is 110 Å². The quantitative estimate of drug-likeness (QED) is 0.140. The second-order valence-corrected chi connectivity index (χ2v) is 20.0. The molecule has 456 valence electrons. The molecule has 0 fully saturated rings. The van der Waals surface area contributed by atoms with E-state index in [1.807, 2.05) is 0 Å². The van der Waals surface area contributed by atoms with Gasteiger partial charge < -0.3 is 4.57 Å². The molecule has 10 rings (SSSR count). The van der Waals surface area contributed by atoms with Gasteiger partial charge in [0, 0.05) is 10.8 Å². The molecule has 0 aliphatic carbocycles. The lowest BCUT2D eigenvalue weighted by molar-refractivity contribution is -0.144. The van der Waals surface area contributed by atoms with Crippen LogP contribution in [0.3, 0.4) is 0 Å². The average molecular weight is 1260 g/mol. The number of hydrogen-bond donors (Lipinski definition) is 0. The fourth-order valence-corrected chi connectivity index (χ4v) is 10.0. The number of benzene rings is 9. The normalized spacial score (nSPS) is 13.3. The Balaban J connectivity index is 1.27. The molecule has 9 aromatic carbocycles. The zero-order chi connectivity index (χ0) is 64.4. The summed E-state index contributed by atoms with van der Waals surface area (Å²) in [4.78, 5) is 0. The van der Waals surface area contributed by atoms with E-state index < -0.39 is 144 Å². The van der Waals surface area contributed by atoms with Crippen LogP contribution in [0.2, 0.25) is 0 Å². The first-order chi connectivity index (χ1) is 40.5. The summed E-state index contributed by atoms with van der Waals surface area (Å²) in [6.45, 7) is 0. The van der Waals surface area contributed by atoms with Gasteiger partial charge in [-0.3, -0.25) is 0 Å². The predicted molar refractivity (Wildman–Crippen MR) is 273 cm³/mol. The first-order valence-corrected chi connectivity index (χ1v) is 24.8. The number of fused-ring (bicyclic) bond motifs is 3. The van der Waals surface area contributed by atoms with E-state index in [9.17, 15) is 105 Å². The molecule has 0 aliphatic heterocycles. The monoisotopic (exact) mass is 1260 g/mol. The molecule has 0 saturated heterocycles. The molecule has 0 N–H and O–H groups in total. The zero-order valence-electron chi connectivity index (χ0n) is 43.1. The third-order valence-electron chi connectivity index (χ3n) is 14.1. The first-order valence-electron chi connectivity index (χ1n) is 24.8. The van der Waals surface area contributed by atoms with Crippen molar-refractivity contribution in [2.45, 2.75) is 49.4 Å². The third-order valence-corrected chi connectivity index (χ3v) is 14.1. The molecule has 0 spiro atoms. The van der Waals surface area contributed by atoms with Crippen LogP contribution in [-0.4, -0.2) is 4.57 Å². The Kier molecular flexibility index (Phi) is 14.9. The Morgan fingerprint density at radius 1 is 0.205 bits per heavy atom. The van der Waals surface area contributed by atoms with E-state index in [0.717, 1.165) is 42.5 Å². The maximum Gasteiger partial charge on any atom is 0.416 e. The predicted octanol–water partition coefficient (Wildman–Crippen LogP) is 23.1. The molecular weight excluding hydrogens is 1230 g/mol. The SMILES string of the molecule is Fc1ccccc1-n1c2ccc(-c3cc(-c4cc(C(F)(F)F)cc(C(F)(F)F)c4)cc(-c4cc(C(F)(F)F)cc(C(F)(F)F)c4)c3)cc2c2cc(-c3cc(-c4cc(C(F)(F)F)cc(C(F)(F)F)c4)cc(-c4cc(C(F)(F)F)cc(C(F)(F)F)c4)c3)ccc21. The van der Waals surface area contributed by atoms with E-state index >= 15 is 4.39 Å². The second-order valence-electron chi connectivity index (χ2n) is 20.0. The van der Waals surface area contributed by atoms with Crippen LogP contribution >= 0.6 is 0 Å². The van der Waals surface area contributed by atoms with Gasteiger partial charge in [-0.15, -0.1) is 0 Å². The third kappa shape index (κ3) is 12.6. The highest BCUT2D eigenvalue weighted by molar-refractivity contribution is 6.12. The van der Waals surface area contributed by atoms with Crippen LogP contribution in [0.4, 0.5) is 110 Å². The Morgan fingerprint density at radius 3 is 0.625 bits per heavy atom. The number of aromatic nitrogens is 1. The fraction of sp³-hybridized carbons (Fsp3) is 0.129. The van der Waals surface area contributed by atoms with Crippen molar-refractivity contribution in [3.05, 3.63) is 220 Å². The van der Waals surface area contributed by atoms with Crippen molar-refractivity contribution in [1.29, 1.82) is 0 Å². The molecule has 0 saturated carbocycles. The topological polar surface area (TPSA) is 4.93 Å². The minimum Gasteiger partial charge on any atom is -0.306 e. The van der Waals surface area contributed by atoms with Crippen LogP contribution in [-0.2, 0) is 49.4 Å². The zero-order valence-corrected chi connectivity index (χ0v) is 43.1. The summed E-state index contributed by atoms with van der Waals surface area (Å²) < 4.78 is 360. The highest BCUT2D eigenvalue weighted by atomic mass is 19.4. The fourth-order valence-electron chi connectivity index (χ4n) is 10.0. The van der Waals surface area contributed by atoms with E-state index in [1.54, 1.807) is 0 Å². The molecule has 10 aromatic rings. The summed E-state index contributed by atoms with van der Waals surface area (Å²) in [6, 6.07) is 18.6. The Labute approximate surface area is 477 Å². The molecule has 0 unspecified atom stereocenters. The standard InChI is InChI=1S/C62H28F25N/c63-51-3-1-2-4-54(51)88-52-7-5-29(31-9-33(37-15-41(55(64,65)66)25-42(16-37)56(67,68)69)13-34(10-31)38-17-43(57(70,71)72)26-44(18-38)58(73,74)75)23-49(52)50-24-30(6-8-53(50)88)32-11-35(39-19-45(59(76,77)78)27-46(20-39)60(79,80)81)14-36(12-32)40-21-47(61(82,83)84)28-48(22-40)62(85,86)87/h1-28H. The summed E-state index contributed by atoms with van der Waals surface area (Å²) in [7, 11) is 0. The van der Waals surface area contributed by atoms with Gasteiger partial charge in [0.25, 0.3) is 0 Å². The number of nitrogens with zero attached hydrogens (tertiary/aromatic N) is 1. The molecule has 1 aromatic heterocycles. The molecule has 1 heterocycles. The molecule has 88 heavy (non-hydrogen) atoms. The van der Waals surface area contributed by atoms with Crippen LogP contribution in [0.1, 0.15) is 44.5 Å². The van der Waals surface area contributed by atoms with Gasteiger partial charge in [-0.25, -0.2) is 4.39 Å². The largest absolute Gasteiger partial charge is 0.416 e. The van der Waals surface area contributed by atoms with E-state index in [1.165, 1.54) is 59.2 Å². The molecule has 0 atom stereocenters. The van der Waals surface area contributed by atoms with Crippen LogP contribution < -0.4 is 0 Å². The molecule has 26 heteroatoms. The van der Waals surface area contributed by atoms with Gasteiger partial charge in [-0.1, -0.05) is 24.3 Å². The summed E-state index contributed by atoms with van der Waals surface area (Å²) in [6.07, 6.45) is -43.8. The smallest absolute Gasteiger partial charge is 0.306 e. The van der Waals surface area contributed by atoms with Crippen molar-refractivity contribution in [3.8, 4) is 72.4 Å². The molecule has 0 amide bonds. The van der Waals surface area contributed by atoms with Gasteiger partial charge in [0.15, 0.2) is 0 Å². The van der Waals surface area contributed by atoms with Crippen molar-refractivity contribution in [2.24, 2.45) is 0 Å². The lowest BCUT2D eigenvalue weighted by Gasteiger charge is -2.18. The van der Waals surface area contributed by atoms with Crippen molar-refractivity contribution in [3.63, 3.8) is 0 Å². The minimum atomic E-state index is -5.47. The van der Waals surface area contributed by atoms with Crippen molar-refractivity contribution in [1.82, 2.24) is 4.57 Å². The van der Waals surface area contributed by atoms with E-state index in [0.29, 0.717) is 0 Å². The average Bonchev–Trinajstić information content (AvgIpc) is 1.59. The highest BCUT2D eigenvalue weighted by Crippen LogP contribution is 2.48. The van der Waals surface area contributed by atoms with Crippen molar-refractivity contribution in [2.75, 3.05) is 0 Å². The Hall–Kier alpha value is -8.97. The van der Waals surface area contributed by atoms with Gasteiger partial charge >= 0.3 is 49.4 Å². The molecular formula is C62H28F25N. The Bertz CT molecular complexity index is 3810. The summed E-state index contributed by atoms with van der Waals surface area (Å²) in [5.41, 5.74) is -22.2. The van der Waals surface area contributed by atoms with Gasteiger partial charge in [0.05, 0.1) is 61.2 Å². The number of rotatable bonds is 7. The van der Waals surface area contributed by atoms with Gasteiger partial charge in [-0.2, -0.15) is 105 Å². The molecule has 1 nitrogen and oxygen atoms in total. The van der Waals surface area contributed by atoms with Gasteiger partial charge in [0.1, 0.15) is 5.82 Å². The van der Waals surface area contributed by atoms with Crippen LogP contribution in [0.25, 0.3) is 94.3 Å². The molecule has 0 bridgehead atoms. The van der Waals surface area contributed by atoms with Crippen LogP contribution in [0, 0.1) is 5.82 Å². The van der Waals surface area contributed by atoms with Gasteiger partial charge in [0.2, 0.25) is 0 Å². The maximum absolute atomic E-state index is 16.0. The van der Waals surface area contributed by atoms with E-state index in [-0.39, 0.29) is 123 Å².